The number of hydrogen-bond donors (Lipinski definition) is 1. The Morgan fingerprint density at radius 3 is 2.55 bits per heavy atom. The number of nitrogens with zero attached hydrogens (tertiary/aromatic N) is 1. The molecule has 1 unspecified atom stereocenters. The highest BCUT2D eigenvalue weighted by molar-refractivity contribution is 5.78. The largest absolute Gasteiger partial charge is 0.490 e. The number of ether oxygens (including phenoxy) is 2. The molecule has 1 N–H and O–H groups in total. The van der Waals surface area contributed by atoms with E-state index in [9.17, 15) is 9.90 Å². The highest BCUT2D eigenvalue weighted by atomic mass is 16.6. The molecule has 0 aliphatic carbocycles. The summed E-state index contributed by atoms with van der Waals surface area (Å²) in [5.41, 5.74) is -0.606. The average molecular weight is 281 g/mol. The number of carbonyl (C=O) groups is 1. The Hall–Kier alpha value is -1.75. The smallest absolute Gasteiger partial charge is 0.341 e. The standard InChI is InChI=1S/C15H23NO4/c1-5-16(6-2)12-8-7-9-13(10-12)20-11-15(3,18)14(17)19-4/h7-10,18H,5-6,11H2,1-4H3. The van der Waals surface area contributed by atoms with Crippen molar-refractivity contribution in [3.8, 4) is 5.75 Å². The molecular weight excluding hydrogens is 258 g/mol. The molecule has 0 heterocycles. The molecule has 0 spiro atoms. The number of benzene rings is 1. The summed E-state index contributed by atoms with van der Waals surface area (Å²) in [6, 6.07) is 7.56. The minimum Gasteiger partial charge on any atom is -0.490 e. The minimum absolute atomic E-state index is 0.151. The van der Waals surface area contributed by atoms with Gasteiger partial charge in [-0.1, -0.05) is 6.07 Å². The molecule has 0 saturated heterocycles. The molecule has 0 aromatic heterocycles. The summed E-state index contributed by atoms with van der Waals surface area (Å²) in [6.45, 7) is 7.19. The van der Waals surface area contributed by atoms with E-state index in [-0.39, 0.29) is 6.61 Å². The zero-order valence-electron chi connectivity index (χ0n) is 12.5. The quantitative estimate of drug-likeness (QED) is 0.773. The topological polar surface area (TPSA) is 59.0 Å². The van der Waals surface area contributed by atoms with Crippen molar-refractivity contribution < 1.29 is 19.4 Å². The van der Waals surface area contributed by atoms with Crippen LogP contribution in [-0.2, 0) is 9.53 Å². The van der Waals surface area contributed by atoms with E-state index in [4.69, 9.17) is 4.74 Å². The van der Waals surface area contributed by atoms with Crippen molar-refractivity contribution in [2.24, 2.45) is 0 Å². The fourth-order valence-corrected chi connectivity index (χ4v) is 1.86. The van der Waals surface area contributed by atoms with Gasteiger partial charge in [0.2, 0.25) is 0 Å². The lowest BCUT2D eigenvalue weighted by molar-refractivity contribution is -0.163. The van der Waals surface area contributed by atoms with Gasteiger partial charge < -0.3 is 19.5 Å². The Balaban J connectivity index is 2.74. The van der Waals surface area contributed by atoms with Crippen LogP contribution in [0.1, 0.15) is 20.8 Å². The van der Waals surface area contributed by atoms with E-state index in [1.807, 2.05) is 18.2 Å². The van der Waals surface area contributed by atoms with Crippen LogP contribution in [0.25, 0.3) is 0 Å². The summed E-state index contributed by atoms with van der Waals surface area (Å²) in [7, 11) is 1.23. The SMILES string of the molecule is CCN(CC)c1cccc(OCC(C)(O)C(=O)OC)c1. The Labute approximate surface area is 120 Å². The van der Waals surface area contributed by atoms with Gasteiger partial charge in [-0.15, -0.1) is 0 Å². The zero-order chi connectivity index (χ0) is 15.2. The van der Waals surface area contributed by atoms with Gasteiger partial charge in [0.15, 0.2) is 5.60 Å². The van der Waals surface area contributed by atoms with E-state index < -0.39 is 11.6 Å². The number of methoxy groups -OCH3 is 1. The predicted octanol–water partition coefficient (Wildman–Crippen LogP) is 1.84. The lowest BCUT2D eigenvalue weighted by atomic mass is 10.1. The number of carbonyl (C=O) groups excluding carboxylic acids is 1. The Bertz CT molecular complexity index is 441. The number of rotatable bonds is 7. The van der Waals surface area contributed by atoms with Crippen LogP contribution in [0.4, 0.5) is 5.69 Å². The molecule has 112 valence electrons. The maximum Gasteiger partial charge on any atom is 0.341 e. The molecule has 1 aromatic carbocycles. The Morgan fingerprint density at radius 2 is 2.00 bits per heavy atom. The number of aliphatic hydroxyl groups is 1. The van der Waals surface area contributed by atoms with E-state index in [2.05, 4.69) is 23.5 Å². The number of esters is 1. The molecule has 0 radical (unpaired) electrons. The normalized spacial score (nSPS) is 13.4. The van der Waals surface area contributed by atoms with Crippen molar-refractivity contribution in [2.45, 2.75) is 26.4 Å². The van der Waals surface area contributed by atoms with Gasteiger partial charge >= 0.3 is 5.97 Å². The molecule has 1 rings (SSSR count). The first-order valence-corrected chi connectivity index (χ1v) is 6.73. The fourth-order valence-electron chi connectivity index (χ4n) is 1.86. The van der Waals surface area contributed by atoms with Gasteiger partial charge in [0.05, 0.1) is 7.11 Å². The summed E-state index contributed by atoms with van der Waals surface area (Å²) < 4.78 is 10.0. The van der Waals surface area contributed by atoms with Crippen molar-refractivity contribution in [2.75, 3.05) is 31.7 Å². The lowest BCUT2D eigenvalue weighted by Crippen LogP contribution is -2.42. The molecule has 5 heteroatoms. The second-order valence-electron chi connectivity index (χ2n) is 4.72. The fraction of sp³-hybridized carbons (Fsp3) is 0.533. The van der Waals surface area contributed by atoms with Crippen LogP contribution in [0.2, 0.25) is 0 Å². The van der Waals surface area contributed by atoms with Gasteiger partial charge in [0.25, 0.3) is 0 Å². The summed E-state index contributed by atoms with van der Waals surface area (Å²) in [5, 5.41) is 9.91. The number of hydrogen-bond acceptors (Lipinski definition) is 5. The molecule has 0 amide bonds. The Kier molecular flexibility index (Phi) is 5.82. The van der Waals surface area contributed by atoms with Crippen LogP contribution in [0.5, 0.6) is 5.75 Å². The van der Waals surface area contributed by atoms with Crippen molar-refractivity contribution in [1.82, 2.24) is 0 Å². The first-order chi connectivity index (χ1) is 9.44. The minimum atomic E-state index is -1.65. The van der Waals surface area contributed by atoms with Gasteiger partial charge in [0, 0.05) is 24.8 Å². The third kappa shape index (κ3) is 4.13. The highest BCUT2D eigenvalue weighted by Crippen LogP contribution is 2.22. The molecule has 0 aliphatic heterocycles. The first kappa shape index (κ1) is 16.3. The van der Waals surface area contributed by atoms with Crippen LogP contribution in [0, 0.1) is 0 Å². The molecular formula is C15H23NO4. The van der Waals surface area contributed by atoms with Crippen molar-refractivity contribution >= 4 is 11.7 Å². The highest BCUT2D eigenvalue weighted by Gasteiger charge is 2.32. The summed E-state index contributed by atoms with van der Waals surface area (Å²) in [5.74, 6) is -0.101. The molecule has 20 heavy (non-hydrogen) atoms. The second-order valence-corrected chi connectivity index (χ2v) is 4.72. The first-order valence-electron chi connectivity index (χ1n) is 6.73. The summed E-state index contributed by atoms with van der Waals surface area (Å²) in [6.07, 6.45) is 0. The number of anilines is 1. The maximum atomic E-state index is 11.4. The third-order valence-electron chi connectivity index (χ3n) is 3.09. The zero-order valence-corrected chi connectivity index (χ0v) is 12.5. The van der Waals surface area contributed by atoms with Crippen LogP contribution in [0.15, 0.2) is 24.3 Å². The van der Waals surface area contributed by atoms with Crippen LogP contribution >= 0.6 is 0 Å². The summed E-state index contributed by atoms with van der Waals surface area (Å²) in [4.78, 5) is 13.5. The molecule has 5 nitrogen and oxygen atoms in total. The third-order valence-corrected chi connectivity index (χ3v) is 3.09. The molecule has 0 fully saturated rings. The second kappa shape index (κ2) is 7.14. The molecule has 0 saturated carbocycles. The van der Waals surface area contributed by atoms with Crippen molar-refractivity contribution in [3.05, 3.63) is 24.3 Å². The molecule has 0 bridgehead atoms. The van der Waals surface area contributed by atoms with Crippen molar-refractivity contribution in [1.29, 1.82) is 0 Å². The summed E-state index contributed by atoms with van der Waals surface area (Å²) >= 11 is 0. The molecule has 0 aliphatic rings. The maximum absolute atomic E-state index is 11.4. The van der Waals surface area contributed by atoms with E-state index in [1.165, 1.54) is 14.0 Å². The average Bonchev–Trinajstić information content (AvgIpc) is 2.46. The van der Waals surface area contributed by atoms with Gasteiger partial charge in [-0.05, 0) is 32.9 Å². The molecule has 1 atom stereocenters. The van der Waals surface area contributed by atoms with Gasteiger partial charge in [-0.25, -0.2) is 4.79 Å². The van der Waals surface area contributed by atoms with Crippen molar-refractivity contribution in [3.63, 3.8) is 0 Å². The van der Waals surface area contributed by atoms with Crippen LogP contribution in [-0.4, -0.2) is 43.5 Å². The molecule has 1 aromatic rings. The van der Waals surface area contributed by atoms with E-state index in [0.29, 0.717) is 5.75 Å². The van der Waals surface area contributed by atoms with Crippen LogP contribution < -0.4 is 9.64 Å². The monoisotopic (exact) mass is 281 g/mol. The van der Waals surface area contributed by atoms with Crippen LogP contribution in [0.3, 0.4) is 0 Å². The predicted molar refractivity (Wildman–Crippen MR) is 78.1 cm³/mol. The van der Waals surface area contributed by atoms with E-state index >= 15 is 0 Å². The van der Waals surface area contributed by atoms with Gasteiger partial charge in [-0.2, -0.15) is 0 Å². The Morgan fingerprint density at radius 1 is 1.35 bits per heavy atom. The lowest BCUT2D eigenvalue weighted by Gasteiger charge is -2.23. The van der Waals surface area contributed by atoms with Gasteiger partial charge in [-0.3, -0.25) is 0 Å². The van der Waals surface area contributed by atoms with Gasteiger partial charge in [0.1, 0.15) is 12.4 Å². The van der Waals surface area contributed by atoms with E-state index in [0.717, 1.165) is 18.8 Å². The van der Waals surface area contributed by atoms with E-state index in [1.54, 1.807) is 6.07 Å².